The smallest absolute Gasteiger partial charge is 0.312 e. The molecule has 2 saturated heterocycles. The molecule has 212 valence electrons. The van der Waals surface area contributed by atoms with Crippen LogP contribution < -0.4 is 10.2 Å². The number of ether oxygens (including phenoxy) is 1. The van der Waals surface area contributed by atoms with Crippen LogP contribution in [0.2, 0.25) is 10.0 Å². The number of nitrogens with one attached hydrogen (secondary N) is 1. The zero-order valence-electron chi connectivity index (χ0n) is 23.1. The summed E-state index contributed by atoms with van der Waals surface area (Å²) in [5.41, 5.74) is 1.43. The largest absolute Gasteiger partial charge is 0.466 e. The molecule has 0 bridgehead atoms. The van der Waals surface area contributed by atoms with Crippen LogP contribution >= 0.6 is 34.5 Å². The molecule has 0 aliphatic carbocycles. The van der Waals surface area contributed by atoms with Crippen molar-refractivity contribution in [1.29, 1.82) is 0 Å². The fourth-order valence-electron chi connectivity index (χ4n) is 5.31. The molecule has 2 fully saturated rings. The van der Waals surface area contributed by atoms with Gasteiger partial charge in [0, 0.05) is 29.7 Å². The summed E-state index contributed by atoms with van der Waals surface area (Å²) in [7, 11) is 0. The third kappa shape index (κ3) is 7.15. The molecule has 2 aliphatic heterocycles. The van der Waals surface area contributed by atoms with Gasteiger partial charge < -0.3 is 19.9 Å². The molecule has 0 radical (unpaired) electrons. The standard InChI is InChI=1S/C27H33Cl2N5O2S.C2H6/c1-2-36-25(35)27(8-13-33-11-3-4-12-33)9-14-34(15-10-27)26-31-22-7-16-37-23(22)24(32-26)30-18-19-5-6-20(28)17-21(19)29;1-2/h5-7,16-17H,2-4,8-15,18H2,1H3,(H,30,31,32);1-2H3. The van der Waals surface area contributed by atoms with Gasteiger partial charge in [0.2, 0.25) is 5.95 Å². The second-order valence-corrected chi connectivity index (χ2v) is 11.6. The number of anilines is 2. The van der Waals surface area contributed by atoms with Gasteiger partial charge in [-0.3, -0.25) is 4.79 Å². The molecular formula is C29H39Cl2N5O2S. The van der Waals surface area contributed by atoms with E-state index in [-0.39, 0.29) is 5.97 Å². The normalized spacial score (nSPS) is 17.1. The van der Waals surface area contributed by atoms with Gasteiger partial charge >= 0.3 is 5.97 Å². The summed E-state index contributed by atoms with van der Waals surface area (Å²) in [5, 5.41) is 6.73. The first-order chi connectivity index (χ1) is 19.0. The van der Waals surface area contributed by atoms with E-state index in [1.807, 2.05) is 44.4 Å². The second kappa shape index (κ2) is 14.0. The Morgan fingerprint density at radius 3 is 2.54 bits per heavy atom. The van der Waals surface area contributed by atoms with Gasteiger partial charge in [-0.25, -0.2) is 4.98 Å². The molecule has 4 heterocycles. The van der Waals surface area contributed by atoms with Gasteiger partial charge in [0.05, 0.1) is 22.2 Å². The Kier molecular flexibility index (Phi) is 10.7. The van der Waals surface area contributed by atoms with E-state index in [0.29, 0.717) is 29.1 Å². The Balaban J connectivity index is 0.00000172. The van der Waals surface area contributed by atoms with Crippen molar-refractivity contribution >= 4 is 62.5 Å². The number of fused-ring (bicyclic) bond motifs is 1. The van der Waals surface area contributed by atoms with Gasteiger partial charge in [0.1, 0.15) is 5.82 Å². The summed E-state index contributed by atoms with van der Waals surface area (Å²) in [4.78, 5) is 27.6. The summed E-state index contributed by atoms with van der Waals surface area (Å²) in [6.07, 6.45) is 4.84. The van der Waals surface area contributed by atoms with Crippen LogP contribution in [0.4, 0.5) is 11.8 Å². The molecule has 10 heteroatoms. The van der Waals surface area contributed by atoms with Crippen LogP contribution in [0.5, 0.6) is 0 Å². The number of benzene rings is 1. The van der Waals surface area contributed by atoms with Gasteiger partial charge in [-0.15, -0.1) is 11.3 Å². The number of esters is 1. The van der Waals surface area contributed by atoms with E-state index in [0.717, 1.165) is 73.6 Å². The predicted molar refractivity (Wildman–Crippen MR) is 163 cm³/mol. The molecule has 0 spiro atoms. The first-order valence-corrected chi connectivity index (χ1v) is 15.7. The molecular weight excluding hydrogens is 553 g/mol. The van der Waals surface area contributed by atoms with Crippen molar-refractivity contribution in [3.05, 3.63) is 45.3 Å². The molecule has 3 aromatic rings. The lowest BCUT2D eigenvalue weighted by atomic mass is 9.75. The van der Waals surface area contributed by atoms with Crippen molar-refractivity contribution in [3.63, 3.8) is 0 Å². The van der Waals surface area contributed by atoms with E-state index in [4.69, 9.17) is 37.9 Å². The van der Waals surface area contributed by atoms with Gasteiger partial charge in [-0.1, -0.05) is 43.1 Å². The van der Waals surface area contributed by atoms with Crippen molar-refractivity contribution in [3.8, 4) is 0 Å². The van der Waals surface area contributed by atoms with Crippen molar-refractivity contribution in [2.75, 3.05) is 49.5 Å². The number of carbonyl (C=O) groups is 1. The Hall–Kier alpha value is -2.13. The Labute approximate surface area is 245 Å². The van der Waals surface area contributed by atoms with Gasteiger partial charge in [-0.05, 0) is 87.8 Å². The lowest BCUT2D eigenvalue weighted by molar-refractivity contribution is -0.157. The highest BCUT2D eigenvalue weighted by molar-refractivity contribution is 7.17. The number of nitrogens with zero attached hydrogens (tertiary/aromatic N) is 4. The molecule has 1 aromatic carbocycles. The van der Waals surface area contributed by atoms with Gasteiger partial charge in [-0.2, -0.15) is 4.98 Å². The van der Waals surface area contributed by atoms with Crippen LogP contribution in [-0.2, 0) is 16.1 Å². The average Bonchev–Trinajstić information content (AvgIpc) is 3.65. The topological polar surface area (TPSA) is 70.6 Å². The average molecular weight is 593 g/mol. The van der Waals surface area contributed by atoms with Crippen LogP contribution in [0, 0.1) is 5.41 Å². The molecule has 7 nitrogen and oxygen atoms in total. The van der Waals surface area contributed by atoms with Crippen LogP contribution in [-0.4, -0.2) is 60.2 Å². The lowest BCUT2D eigenvalue weighted by Gasteiger charge is -2.40. The molecule has 5 rings (SSSR count). The summed E-state index contributed by atoms with van der Waals surface area (Å²) in [6, 6.07) is 7.53. The number of aromatic nitrogens is 2. The van der Waals surface area contributed by atoms with E-state index in [1.54, 1.807) is 17.4 Å². The van der Waals surface area contributed by atoms with E-state index < -0.39 is 5.41 Å². The SMILES string of the molecule is CC.CCOC(=O)C1(CCN2CCCC2)CCN(c2nc(NCc3ccc(Cl)cc3Cl)c3sccc3n2)CC1. The Morgan fingerprint density at radius 2 is 1.85 bits per heavy atom. The number of halogens is 2. The Morgan fingerprint density at radius 1 is 1.10 bits per heavy atom. The fourth-order valence-corrected chi connectivity index (χ4v) is 6.58. The van der Waals surface area contributed by atoms with Crippen LogP contribution in [0.15, 0.2) is 29.6 Å². The Bertz CT molecular complexity index is 1240. The van der Waals surface area contributed by atoms with Crippen molar-refractivity contribution < 1.29 is 9.53 Å². The van der Waals surface area contributed by atoms with Crippen LogP contribution in [0.25, 0.3) is 10.2 Å². The minimum Gasteiger partial charge on any atom is -0.466 e. The maximum atomic E-state index is 13.1. The summed E-state index contributed by atoms with van der Waals surface area (Å²) in [6.45, 7) is 11.5. The molecule has 0 saturated carbocycles. The number of carbonyl (C=O) groups excluding carboxylic acids is 1. The highest BCUT2D eigenvalue weighted by Gasteiger charge is 2.43. The molecule has 0 unspecified atom stereocenters. The van der Waals surface area contributed by atoms with E-state index in [1.165, 1.54) is 12.8 Å². The van der Waals surface area contributed by atoms with Crippen LogP contribution in [0.3, 0.4) is 0 Å². The number of hydrogen-bond donors (Lipinski definition) is 1. The molecule has 0 amide bonds. The third-order valence-electron chi connectivity index (χ3n) is 7.57. The summed E-state index contributed by atoms with van der Waals surface area (Å²) < 4.78 is 6.57. The maximum Gasteiger partial charge on any atom is 0.312 e. The van der Waals surface area contributed by atoms with Crippen molar-refractivity contribution in [2.24, 2.45) is 5.41 Å². The summed E-state index contributed by atoms with van der Waals surface area (Å²) in [5.74, 6) is 1.43. The number of likely N-dealkylation sites (tertiary alicyclic amines) is 1. The summed E-state index contributed by atoms with van der Waals surface area (Å²) >= 11 is 14.1. The second-order valence-electron chi connectivity index (χ2n) is 9.88. The number of rotatable bonds is 9. The highest BCUT2D eigenvalue weighted by atomic mass is 35.5. The van der Waals surface area contributed by atoms with Gasteiger partial charge in [0.25, 0.3) is 0 Å². The first kappa shape index (κ1) is 29.8. The number of piperidine rings is 1. The zero-order valence-corrected chi connectivity index (χ0v) is 25.5. The molecule has 2 aromatic heterocycles. The first-order valence-electron chi connectivity index (χ1n) is 14.0. The molecule has 0 atom stereocenters. The maximum absolute atomic E-state index is 13.1. The molecule has 2 aliphatic rings. The van der Waals surface area contributed by atoms with Gasteiger partial charge in [0.15, 0.2) is 0 Å². The van der Waals surface area contributed by atoms with Crippen molar-refractivity contribution in [1.82, 2.24) is 14.9 Å². The number of hydrogen-bond acceptors (Lipinski definition) is 8. The molecule has 1 N–H and O–H groups in total. The third-order valence-corrected chi connectivity index (χ3v) is 9.07. The molecule has 39 heavy (non-hydrogen) atoms. The van der Waals surface area contributed by atoms with Crippen molar-refractivity contribution in [2.45, 2.75) is 59.4 Å². The van der Waals surface area contributed by atoms with Crippen LogP contribution in [0.1, 0.15) is 58.4 Å². The predicted octanol–water partition coefficient (Wildman–Crippen LogP) is 7.27. The monoisotopic (exact) mass is 591 g/mol. The van der Waals surface area contributed by atoms with E-state index >= 15 is 0 Å². The quantitative estimate of drug-likeness (QED) is 0.262. The lowest BCUT2D eigenvalue weighted by Crippen LogP contribution is -2.47. The highest BCUT2D eigenvalue weighted by Crippen LogP contribution is 2.39. The van der Waals surface area contributed by atoms with E-state index in [9.17, 15) is 4.79 Å². The zero-order chi connectivity index (χ0) is 27.8. The van der Waals surface area contributed by atoms with E-state index in [2.05, 4.69) is 15.1 Å². The minimum atomic E-state index is -0.437. The number of thiophene rings is 1. The minimum absolute atomic E-state index is 0.0507. The fraction of sp³-hybridized carbons (Fsp3) is 0.552.